The Kier molecular flexibility index (Phi) is 5.43. The van der Waals surface area contributed by atoms with E-state index < -0.39 is 6.10 Å². The van der Waals surface area contributed by atoms with Crippen LogP contribution < -0.4 is 0 Å². The van der Waals surface area contributed by atoms with Crippen LogP contribution in [0.25, 0.3) is 0 Å². The van der Waals surface area contributed by atoms with Crippen LogP contribution in [0.2, 0.25) is 0 Å². The molecule has 0 spiro atoms. The molecule has 0 aromatic heterocycles. The standard InChI is InChI=1S/C14H18O3/c1-4-13(16-5-2)14(17-11(3)15)12-9-7-6-8-10-12/h4,6-10,13-14H,1,5H2,2-3H3. The molecule has 0 N–H and O–H groups in total. The minimum absolute atomic E-state index is 0.328. The van der Waals surface area contributed by atoms with E-state index in [-0.39, 0.29) is 12.1 Å². The highest BCUT2D eigenvalue weighted by Gasteiger charge is 2.23. The van der Waals surface area contributed by atoms with Crippen LogP contribution in [-0.2, 0) is 14.3 Å². The van der Waals surface area contributed by atoms with Crippen molar-refractivity contribution in [2.75, 3.05) is 6.61 Å². The summed E-state index contributed by atoms with van der Waals surface area (Å²) in [4.78, 5) is 11.1. The van der Waals surface area contributed by atoms with Gasteiger partial charge in [0, 0.05) is 13.5 Å². The number of esters is 1. The minimum Gasteiger partial charge on any atom is -0.455 e. The smallest absolute Gasteiger partial charge is 0.303 e. The predicted octanol–water partition coefficient (Wildman–Crippen LogP) is 2.88. The summed E-state index contributed by atoms with van der Waals surface area (Å²) >= 11 is 0. The van der Waals surface area contributed by atoms with Crippen LogP contribution in [0.5, 0.6) is 0 Å². The molecule has 0 amide bonds. The number of benzene rings is 1. The van der Waals surface area contributed by atoms with Crippen molar-refractivity contribution in [3.05, 3.63) is 48.6 Å². The van der Waals surface area contributed by atoms with Gasteiger partial charge in [-0.1, -0.05) is 36.4 Å². The van der Waals surface area contributed by atoms with E-state index in [4.69, 9.17) is 9.47 Å². The van der Waals surface area contributed by atoms with E-state index >= 15 is 0 Å². The van der Waals surface area contributed by atoms with Gasteiger partial charge in [0.05, 0.1) is 0 Å². The number of ether oxygens (including phenoxy) is 2. The molecule has 3 heteroatoms. The fraction of sp³-hybridized carbons (Fsp3) is 0.357. The number of carbonyl (C=O) groups excluding carboxylic acids is 1. The molecule has 1 rings (SSSR count). The van der Waals surface area contributed by atoms with Crippen LogP contribution in [0.4, 0.5) is 0 Å². The SMILES string of the molecule is C=CC(OCC)C(OC(C)=O)c1ccccc1. The lowest BCUT2D eigenvalue weighted by atomic mass is 10.0. The molecule has 1 aromatic rings. The highest BCUT2D eigenvalue weighted by molar-refractivity contribution is 5.66. The van der Waals surface area contributed by atoms with E-state index in [0.717, 1.165) is 5.56 Å². The topological polar surface area (TPSA) is 35.5 Å². The molecule has 0 bridgehead atoms. The molecule has 0 saturated heterocycles. The van der Waals surface area contributed by atoms with Crippen molar-refractivity contribution < 1.29 is 14.3 Å². The van der Waals surface area contributed by atoms with E-state index in [2.05, 4.69) is 6.58 Å². The molecular weight excluding hydrogens is 216 g/mol. The summed E-state index contributed by atoms with van der Waals surface area (Å²) in [5.41, 5.74) is 0.904. The third kappa shape index (κ3) is 4.04. The minimum atomic E-state index is -0.439. The van der Waals surface area contributed by atoms with Gasteiger partial charge in [-0.05, 0) is 12.5 Å². The van der Waals surface area contributed by atoms with Crippen molar-refractivity contribution in [3.8, 4) is 0 Å². The summed E-state index contributed by atoms with van der Waals surface area (Å²) in [5.74, 6) is -0.328. The lowest BCUT2D eigenvalue weighted by Gasteiger charge is -2.24. The number of hydrogen-bond donors (Lipinski definition) is 0. The Bertz CT molecular complexity index is 359. The molecule has 0 aliphatic carbocycles. The maximum Gasteiger partial charge on any atom is 0.303 e. The Balaban J connectivity index is 2.93. The first-order chi connectivity index (χ1) is 8.19. The summed E-state index contributed by atoms with van der Waals surface area (Å²) in [6.45, 7) is 7.55. The molecule has 1 aromatic carbocycles. The lowest BCUT2D eigenvalue weighted by molar-refractivity contribution is -0.153. The highest BCUT2D eigenvalue weighted by Crippen LogP contribution is 2.24. The lowest BCUT2D eigenvalue weighted by Crippen LogP contribution is -2.24. The summed E-state index contributed by atoms with van der Waals surface area (Å²) < 4.78 is 10.8. The Morgan fingerprint density at radius 1 is 1.41 bits per heavy atom. The molecule has 2 atom stereocenters. The molecule has 0 heterocycles. The third-order valence-electron chi connectivity index (χ3n) is 2.31. The quantitative estimate of drug-likeness (QED) is 0.561. The highest BCUT2D eigenvalue weighted by atomic mass is 16.6. The summed E-state index contributed by atoms with van der Waals surface area (Å²) in [5, 5.41) is 0. The van der Waals surface area contributed by atoms with Crippen molar-refractivity contribution in [3.63, 3.8) is 0 Å². The van der Waals surface area contributed by atoms with Crippen LogP contribution in [0.15, 0.2) is 43.0 Å². The van der Waals surface area contributed by atoms with Crippen molar-refractivity contribution in [1.29, 1.82) is 0 Å². The van der Waals surface area contributed by atoms with Crippen LogP contribution >= 0.6 is 0 Å². The van der Waals surface area contributed by atoms with Crippen LogP contribution in [0.3, 0.4) is 0 Å². The molecule has 0 aliphatic heterocycles. The Labute approximate surface area is 102 Å². The van der Waals surface area contributed by atoms with Gasteiger partial charge in [0.15, 0.2) is 6.10 Å². The second kappa shape index (κ2) is 6.86. The zero-order valence-corrected chi connectivity index (χ0v) is 10.3. The van der Waals surface area contributed by atoms with Crippen LogP contribution in [0, 0.1) is 0 Å². The Morgan fingerprint density at radius 2 is 2.06 bits per heavy atom. The third-order valence-corrected chi connectivity index (χ3v) is 2.31. The maximum absolute atomic E-state index is 11.1. The zero-order chi connectivity index (χ0) is 12.7. The molecule has 0 saturated carbocycles. The summed E-state index contributed by atoms with van der Waals surface area (Å²) in [6, 6.07) is 9.53. The van der Waals surface area contributed by atoms with Crippen molar-refractivity contribution >= 4 is 5.97 Å². The molecule has 0 aliphatic rings. The van der Waals surface area contributed by atoms with Gasteiger partial charge in [-0.2, -0.15) is 0 Å². The van der Waals surface area contributed by atoms with Gasteiger partial charge in [0.1, 0.15) is 6.10 Å². The second-order valence-electron chi connectivity index (χ2n) is 3.60. The average molecular weight is 234 g/mol. The van der Waals surface area contributed by atoms with Gasteiger partial charge < -0.3 is 9.47 Å². The van der Waals surface area contributed by atoms with Gasteiger partial charge in [0.25, 0.3) is 0 Å². The Morgan fingerprint density at radius 3 is 2.53 bits per heavy atom. The molecular formula is C14H18O3. The number of rotatable bonds is 6. The maximum atomic E-state index is 11.1. The second-order valence-corrected chi connectivity index (χ2v) is 3.60. The van der Waals surface area contributed by atoms with Crippen LogP contribution in [-0.4, -0.2) is 18.7 Å². The fourth-order valence-electron chi connectivity index (χ4n) is 1.62. The van der Waals surface area contributed by atoms with Crippen LogP contribution in [0.1, 0.15) is 25.5 Å². The molecule has 3 nitrogen and oxygen atoms in total. The van der Waals surface area contributed by atoms with Crippen molar-refractivity contribution in [2.24, 2.45) is 0 Å². The van der Waals surface area contributed by atoms with Crippen molar-refractivity contribution in [2.45, 2.75) is 26.1 Å². The van der Waals surface area contributed by atoms with E-state index in [1.807, 2.05) is 37.3 Å². The van der Waals surface area contributed by atoms with E-state index in [9.17, 15) is 4.79 Å². The van der Waals surface area contributed by atoms with Gasteiger partial charge in [-0.25, -0.2) is 0 Å². The summed E-state index contributed by atoms with van der Waals surface area (Å²) in [6.07, 6.45) is 0.891. The van der Waals surface area contributed by atoms with Gasteiger partial charge >= 0.3 is 5.97 Å². The van der Waals surface area contributed by atoms with E-state index in [0.29, 0.717) is 6.61 Å². The first-order valence-corrected chi connectivity index (χ1v) is 5.65. The molecule has 92 valence electrons. The largest absolute Gasteiger partial charge is 0.455 e. The normalized spacial score (nSPS) is 13.8. The van der Waals surface area contributed by atoms with Crippen molar-refractivity contribution in [1.82, 2.24) is 0 Å². The zero-order valence-electron chi connectivity index (χ0n) is 10.3. The predicted molar refractivity (Wildman–Crippen MR) is 66.6 cm³/mol. The van der Waals surface area contributed by atoms with E-state index in [1.54, 1.807) is 6.08 Å². The fourth-order valence-corrected chi connectivity index (χ4v) is 1.62. The van der Waals surface area contributed by atoms with Gasteiger partial charge in [0.2, 0.25) is 0 Å². The first kappa shape index (κ1) is 13.5. The molecule has 2 unspecified atom stereocenters. The van der Waals surface area contributed by atoms with E-state index in [1.165, 1.54) is 6.92 Å². The number of carbonyl (C=O) groups is 1. The molecule has 0 fully saturated rings. The molecule has 17 heavy (non-hydrogen) atoms. The monoisotopic (exact) mass is 234 g/mol. The number of hydrogen-bond acceptors (Lipinski definition) is 3. The van der Waals surface area contributed by atoms with Gasteiger partial charge in [-0.3, -0.25) is 4.79 Å². The first-order valence-electron chi connectivity index (χ1n) is 5.65. The van der Waals surface area contributed by atoms with Gasteiger partial charge in [-0.15, -0.1) is 6.58 Å². The molecule has 0 radical (unpaired) electrons. The summed E-state index contributed by atoms with van der Waals surface area (Å²) in [7, 11) is 0. The average Bonchev–Trinajstić information content (AvgIpc) is 2.34. The Hall–Kier alpha value is -1.61.